The molecule has 2 aromatic carbocycles. The van der Waals surface area contributed by atoms with E-state index in [0.29, 0.717) is 17.8 Å². The average molecular weight is 602 g/mol. The molecule has 0 bridgehead atoms. The topological polar surface area (TPSA) is 110 Å². The van der Waals surface area contributed by atoms with Crippen molar-refractivity contribution in [3.8, 4) is 28.3 Å². The molecule has 0 radical (unpaired) electrons. The normalized spacial score (nSPS) is 11.8. The van der Waals surface area contributed by atoms with E-state index >= 15 is 0 Å². The fourth-order valence-electron chi connectivity index (χ4n) is 4.47. The van der Waals surface area contributed by atoms with Crippen LogP contribution in [-0.4, -0.2) is 61.3 Å². The Kier molecular flexibility index (Phi) is 10.6. The Labute approximate surface area is 252 Å². The first-order valence-corrected chi connectivity index (χ1v) is 15.4. The standard InChI is InChI=1S/C32H36N5O5P/c1-6-40-43(39,41-7-2)42-23-37-22-30(26-13-8-11-24(17-26)20-33)29-19-27(21-34-32(29)37)25-12-9-14-28(18-25)36(5)31(38)15-10-16-35(3)4/h8-15,17-19,21-22H,6-7,16,23H2,1-5H3/b15-10+. The van der Waals surface area contributed by atoms with Gasteiger partial charge in [-0.2, -0.15) is 5.26 Å². The molecule has 43 heavy (non-hydrogen) atoms. The van der Waals surface area contributed by atoms with Crippen molar-refractivity contribution in [3.05, 3.63) is 84.7 Å². The molecule has 0 unspecified atom stereocenters. The predicted octanol–water partition coefficient (Wildman–Crippen LogP) is 6.48. The van der Waals surface area contributed by atoms with Gasteiger partial charge in [0.1, 0.15) is 12.4 Å². The van der Waals surface area contributed by atoms with Crippen molar-refractivity contribution < 1.29 is 22.9 Å². The second-order valence-corrected chi connectivity index (χ2v) is 11.6. The van der Waals surface area contributed by atoms with Crippen LogP contribution in [0.4, 0.5) is 5.69 Å². The number of anilines is 1. The van der Waals surface area contributed by atoms with Crippen LogP contribution in [0.15, 0.2) is 79.1 Å². The first-order chi connectivity index (χ1) is 20.7. The van der Waals surface area contributed by atoms with Gasteiger partial charge in [0.15, 0.2) is 0 Å². The number of rotatable bonds is 13. The first kappa shape index (κ1) is 31.8. The molecule has 2 aromatic heterocycles. The lowest BCUT2D eigenvalue weighted by molar-refractivity contribution is -0.113. The van der Waals surface area contributed by atoms with Gasteiger partial charge in [-0.25, -0.2) is 9.55 Å². The van der Waals surface area contributed by atoms with E-state index < -0.39 is 7.82 Å². The van der Waals surface area contributed by atoms with E-state index in [2.05, 4.69) is 6.07 Å². The van der Waals surface area contributed by atoms with Gasteiger partial charge in [0.25, 0.3) is 0 Å². The number of fused-ring (bicyclic) bond motifs is 1. The highest BCUT2D eigenvalue weighted by molar-refractivity contribution is 7.48. The number of pyridine rings is 1. The number of phosphoric acid groups is 1. The van der Waals surface area contributed by atoms with Crippen molar-refractivity contribution in [2.24, 2.45) is 0 Å². The zero-order chi connectivity index (χ0) is 31.0. The van der Waals surface area contributed by atoms with Crippen molar-refractivity contribution in [1.82, 2.24) is 14.5 Å². The third kappa shape index (κ3) is 7.85. The Morgan fingerprint density at radius 3 is 2.42 bits per heavy atom. The summed E-state index contributed by atoms with van der Waals surface area (Å²) in [5, 5.41) is 10.3. The van der Waals surface area contributed by atoms with E-state index in [1.54, 1.807) is 48.7 Å². The Balaban J connectivity index is 1.74. The van der Waals surface area contributed by atoms with Crippen LogP contribution in [0.2, 0.25) is 0 Å². The third-order valence-corrected chi connectivity index (χ3v) is 8.15. The van der Waals surface area contributed by atoms with Gasteiger partial charge >= 0.3 is 7.82 Å². The molecule has 11 heteroatoms. The molecule has 4 aromatic rings. The number of hydrogen-bond donors (Lipinski definition) is 0. The summed E-state index contributed by atoms with van der Waals surface area (Å²) >= 11 is 0. The van der Waals surface area contributed by atoms with Crippen LogP contribution in [0.5, 0.6) is 0 Å². The molecule has 0 atom stereocenters. The van der Waals surface area contributed by atoms with Crippen LogP contribution in [-0.2, 0) is 29.7 Å². The van der Waals surface area contributed by atoms with Crippen LogP contribution in [0.1, 0.15) is 19.4 Å². The summed E-state index contributed by atoms with van der Waals surface area (Å²) in [6, 6.07) is 19.2. The van der Waals surface area contributed by atoms with E-state index in [-0.39, 0.29) is 25.9 Å². The number of phosphoric ester groups is 1. The number of carbonyl (C=O) groups excluding carboxylic acids is 1. The van der Waals surface area contributed by atoms with Gasteiger partial charge in [0.05, 0.1) is 24.8 Å². The van der Waals surface area contributed by atoms with Gasteiger partial charge in [-0.1, -0.05) is 30.3 Å². The largest absolute Gasteiger partial charge is 0.476 e. The van der Waals surface area contributed by atoms with E-state index in [1.165, 1.54) is 0 Å². The second kappa shape index (κ2) is 14.4. The van der Waals surface area contributed by atoms with Crippen molar-refractivity contribution >= 4 is 30.5 Å². The van der Waals surface area contributed by atoms with E-state index in [9.17, 15) is 14.6 Å². The lowest BCUT2D eigenvalue weighted by Gasteiger charge is -2.17. The molecule has 0 aliphatic rings. The maximum atomic E-state index is 13.0. The number of nitrogens with zero attached hydrogens (tertiary/aromatic N) is 5. The van der Waals surface area contributed by atoms with Gasteiger partial charge in [-0.15, -0.1) is 0 Å². The number of aromatic nitrogens is 2. The lowest BCUT2D eigenvalue weighted by atomic mass is 10.0. The summed E-state index contributed by atoms with van der Waals surface area (Å²) in [4.78, 5) is 21.1. The van der Waals surface area contributed by atoms with Crippen LogP contribution in [0.3, 0.4) is 0 Å². The molecule has 0 aliphatic carbocycles. The van der Waals surface area contributed by atoms with Gasteiger partial charge in [-0.3, -0.25) is 18.4 Å². The van der Waals surface area contributed by atoms with Gasteiger partial charge in [0.2, 0.25) is 5.91 Å². The summed E-state index contributed by atoms with van der Waals surface area (Å²) in [5.74, 6) is -0.124. The Morgan fingerprint density at radius 1 is 1.00 bits per heavy atom. The van der Waals surface area contributed by atoms with Crippen LogP contribution >= 0.6 is 7.82 Å². The summed E-state index contributed by atoms with van der Waals surface area (Å²) in [6.45, 7) is 4.32. The molecule has 4 rings (SSSR count). The number of nitriles is 1. The van der Waals surface area contributed by atoms with E-state index in [4.69, 9.17) is 18.6 Å². The number of amides is 1. The van der Waals surface area contributed by atoms with Crippen molar-refractivity contribution in [3.63, 3.8) is 0 Å². The minimum Gasteiger partial charge on any atom is -0.312 e. The highest BCUT2D eigenvalue weighted by Crippen LogP contribution is 2.49. The Bertz CT molecular complexity index is 1700. The fraction of sp³-hybridized carbons (Fsp3) is 0.281. The molecule has 0 spiro atoms. The smallest absolute Gasteiger partial charge is 0.312 e. The molecule has 0 fully saturated rings. The second-order valence-electron chi connectivity index (χ2n) is 9.95. The van der Waals surface area contributed by atoms with Crippen molar-refractivity contribution in [2.45, 2.75) is 20.6 Å². The van der Waals surface area contributed by atoms with Gasteiger partial charge < -0.3 is 14.4 Å². The zero-order valence-corrected chi connectivity index (χ0v) is 26.0. The summed E-state index contributed by atoms with van der Waals surface area (Å²) < 4.78 is 30.9. The molecule has 0 N–H and O–H groups in total. The number of hydrogen-bond acceptors (Lipinski definition) is 8. The molecule has 0 aliphatic heterocycles. The van der Waals surface area contributed by atoms with Crippen LogP contribution in [0.25, 0.3) is 33.3 Å². The number of carbonyl (C=O) groups is 1. The quantitative estimate of drug-likeness (QED) is 0.127. The van der Waals surface area contributed by atoms with Gasteiger partial charge in [-0.05, 0) is 69.4 Å². The predicted molar refractivity (Wildman–Crippen MR) is 168 cm³/mol. The minimum atomic E-state index is -3.76. The Morgan fingerprint density at radius 2 is 1.72 bits per heavy atom. The lowest BCUT2D eigenvalue weighted by Crippen LogP contribution is -2.24. The maximum Gasteiger partial charge on any atom is 0.476 e. The monoisotopic (exact) mass is 601 g/mol. The van der Waals surface area contributed by atoms with E-state index in [0.717, 1.165) is 33.3 Å². The minimum absolute atomic E-state index is 0.123. The average Bonchev–Trinajstić information content (AvgIpc) is 3.38. The molecule has 1 amide bonds. The summed E-state index contributed by atoms with van der Waals surface area (Å²) in [6.07, 6.45) is 7.00. The van der Waals surface area contributed by atoms with Crippen molar-refractivity contribution in [1.29, 1.82) is 5.26 Å². The number of benzene rings is 2. The molecule has 0 saturated heterocycles. The van der Waals surface area contributed by atoms with Crippen LogP contribution in [0, 0.1) is 11.3 Å². The van der Waals surface area contributed by atoms with E-state index in [1.807, 2.05) is 79.8 Å². The molecule has 224 valence electrons. The maximum absolute atomic E-state index is 13.0. The fourth-order valence-corrected chi connectivity index (χ4v) is 5.59. The molecular formula is C32H36N5O5P. The Hall–Kier alpha value is -4.10. The summed E-state index contributed by atoms with van der Waals surface area (Å²) in [5.41, 5.74) is 5.22. The molecular weight excluding hydrogens is 565 g/mol. The zero-order valence-electron chi connectivity index (χ0n) is 25.1. The SMILES string of the molecule is CCOP(=O)(OCC)OCn1cc(-c2cccc(C#N)c2)c2cc(-c3cccc(N(C)C(=O)/C=C/CN(C)C)c3)cnc21. The molecule has 0 saturated carbocycles. The molecule has 10 nitrogen and oxygen atoms in total. The van der Waals surface area contributed by atoms with Crippen LogP contribution < -0.4 is 4.90 Å². The van der Waals surface area contributed by atoms with Crippen molar-refractivity contribution in [2.75, 3.05) is 45.8 Å². The third-order valence-electron chi connectivity index (χ3n) is 6.57. The summed E-state index contributed by atoms with van der Waals surface area (Å²) in [7, 11) is 1.87. The highest BCUT2D eigenvalue weighted by Gasteiger charge is 2.26. The molecule has 2 heterocycles. The highest BCUT2D eigenvalue weighted by atomic mass is 31.2. The van der Waals surface area contributed by atoms with Gasteiger partial charge in [0, 0.05) is 54.3 Å². The number of likely N-dealkylation sites (N-methyl/N-ethyl adjacent to an activating group) is 2. The first-order valence-electron chi connectivity index (χ1n) is 13.9.